The summed E-state index contributed by atoms with van der Waals surface area (Å²) in [6.07, 6.45) is 8.62. The molecule has 156 valence electrons. The minimum atomic E-state index is 0.128. The van der Waals surface area contributed by atoms with E-state index in [9.17, 15) is 4.79 Å². The molecule has 1 aliphatic heterocycles. The van der Waals surface area contributed by atoms with Crippen LogP contribution in [-0.2, 0) is 17.8 Å². The van der Waals surface area contributed by atoms with Gasteiger partial charge >= 0.3 is 0 Å². The average Bonchev–Trinajstić information content (AvgIpc) is 3.47. The van der Waals surface area contributed by atoms with E-state index in [2.05, 4.69) is 20.3 Å². The molecule has 3 heterocycles. The minimum absolute atomic E-state index is 0.128. The Labute approximate surface area is 174 Å². The van der Waals surface area contributed by atoms with Crippen LogP contribution in [0, 0.1) is 0 Å². The second-order valence-electron chi connectivity index (χ2n) is 7.16. The quantitative estimate of drug-likeness (QED) is 0.563. The van der Waals surface area contributed by atoms with Crippen LogP contribution in [0.25, 0.3) is 0 Å². The van der Waals surface area contributed by atoms with Gasteiger partial charge in [0.15, 0.2) is 0 Å². The summed E-state index contributed by atoms with van der Waals surface area (Å²) in [4.78, 5) is 22.6. The molecule has 9 heteroatoms. The molecule has 1 aliphatic rings. The third-order valence-corrected chi connectivity index (χ3v) is 5.12. The first-order valence-corrected chi connectivity index (χ1v) is 9.91. The molecule has 30 heavy (non-hydrogen) atoms. The summed E-state index contributed by atoms with van der Waals surface area (Å²) in [5, 5.41) is 8.38. The number of nitrogens with zero attached hydrogens (tertiary/aromatic N) is 6. The van der Waals surface area contributed by atoms with Gasteiger partial charge in [0.25, 0.3) is 0 Å². The molecule has 1 atom stereocenters. The lowest BCUT2D eigenvalue weighted by molar-refractivity contribution is -0.130. The van der Waals surface area contributed by atoms with E-state index in [1.165, 1.54) is 0 Å². The van der Waals surface area contributed by atoms with Crippen molar-refractivity contribution in [2.24, 2.45) is 0 Å². The lowest BCUT2D eigenvalue weighted by Gasteiger charge is -2.16. The highest BCUT2D eigenvalue weighted by Crippen LogP contribution is 2.22. The van der Waals surface area contributed by atoms with Crippen molar-refractivity contribution in [3.05, 3.63) is 60.3 Å². The SMILES string of the molecule is COc1cccc(CCC(=O)N2CCC(n3cc(COc4cnccn4)nn3)C2)c1. The van der Waals surface area contributed by atoms with Gasteiger partial charge in [0, 0.05) is 31.9 Å². The van der Waals surface area contributed by atoms with Gasteiger partial charge in [-0.05, 0) is 30.5 Å². The number of methoxy groups -OCH3 is 1. The summed E-state index contributed by atoms with van der Waals surface area (Å²) in [6, 6.07) is 7.97. The minimum Gasteiger partial charge on any atom is -0.497 e. The smallest absolute Gasteiger partial charge is 0.232 e. The van der Waals surface area contributed by atoms with E-state index in [-0.39, 0.29) is 18.6 Å². The van der Waals surface area contributed by atoms with E-state index in [0.29, 0.717) is 31.0 Å². The van der Waals surface area contributed by atoms with E-state index in [1.807, 2.05) is 40.0 Å². The van der Waals surface area contributed by atoms with Crippen LogP contribution in [0.5, 0.6) is 11.6 Å². The molecule has 3 aromatic rings. The largest absolute Gasteiger partial charge is 0.497 e. The number of amides is 1. The van der Waals surface area contributed by atoms with E-state index in [1.54, 1.807) is 25.7 Å². The van der Waals surface area contributed by atoms with E-state index < -0.39 is 0 Å². The Bertz CT molecular complexity index is 978. The molecular weight excluding hydrogens is 384 g/mol. The van der Waals surface area contributed by atoms with Gasteiger partial charge < -0.3 is 14.4 Å². The summed E-state index contributed by atoms with van der Waals surface area (Å²) < 4.78 is 12.6. The second kappa shape index (κ2) is 9.34. The van der Waals surface area contributed by atoms with Crippen LogP contribution < -0.4 is 9.47 Å². The van der Waals surface area contributed by atoms with E-state index in [4.69, 9.17) is 9.47 Å². The van der Waals surface area contributed by atoms with Crippen molar-refractivity contribution in [3.8, 4) is 11.6 Å². The Kier molecular flexibility index (Phi) is 6.17. The number of hydrogen-bond acceptors (Lipinski definition) is 7. The number of aryl methyl sites for hydroxylation is 1. The van der Waals surface area contributed by atoms with E-state index in [0.717, 1.165) is 24.3 Å². The molecule has 0 bridgehead atoms. The predicted molar refractivity (Wildman–Crippen MR) is 108 cm³/mol. The molecular formula is C21H24N6O3. The maximum Gasteiger partial charge on any atom is 0.232 e. The number of aromatic nitrogens is 5. The molecule has 1 fully saturated rings. The molecule has 0 saturated carbocycles. The van der Waals surface area contributed by atoms with Gasteiger partial charge in [-0.1, -0.05) is 17.3 Å². The number of likely N-dealkylation sites (tertiary alicyclic amines) is 1. The first-order chi connectivity index (χ1) is 14.7. The maximum atomic E-state index is 12.6. The fourth-order valence-electron chi connectivity index (χ4n) is 3.49. The molecule has 9 nitrogen and oxygen atoms in total. The van der Waals surface area contributed by atoms with Gasteiger partial charge in [-0.25, -0.2) is 9.67 Å². The summed E-state index contributed by atoms with van der Waals surface area (Å²) in [5.74, 6) is 1.42. The maximum absolute atomic E-state index is 12.6. The molecule has 0 radical (unpaired) electrons. The average molecular weight is 408 g/mol. The lowest BCUT2D eigenvalue weighted by Crippen LogP contribution is -2.29. The predicted octanol–water partition coefficient (Wildman–Crippen LogP) is 2.06. The molecule has 1 amide bonds. The lowest BCUT2D eigenvalue weighted by atomic mass is 10.1. The van der Waals surface area contributed by atoms with Crippen LogP contribution in [-0.4, -0.2) is 56.0 Å². The van der Waals surface area contributed by atoms with Crippen molar-refractivity contribution in [1.82, 2.24) is 29.9 Å². The molecule has 4 rings (SSSR count). The normalized spacial score (nSPS) is 15.9. The summed E-state index contributed by atoms with van der Waals surface area (Å²) >= 11 is 0. The molecule has 1 aromatic carbocycles. The Hall–Kier alpha value is -3.49. The van der Waals surface area contributed by atoms with Crippen LogP contribution >= 0.6 is 0 Å². The molecule has 1 saturated heterocycles. The van der Waals surface area contributed by atoms with Gasteiger partial charge in [-0.3, -0.25) is 9.78 Å². The first kappa shape index (κ1) is 19.8. The van der Waals surface area contributed by atoms with Crippen LogP contribution in [0.4, 0.5) is 0 Å². The topological polar surface area (TPSA) is 95.3 Å². The van der Waals surface area contributed by atoms with Crippen LogP contribution in [0.2, 0.25) is 0 Å². The molecule has 0 aliphatic carbocycles. The van der Waals surface area contributed by atoms with Crippen LogP contribution in [0.15, 0.2) is 49.1 Å². The zero-order chi connectivity index (χ0) is 20.8. The number of ether oxygens (including phenoxy) is 2. The third kappa shape index (κ3) is 4.91. The third-order valence-electron chi connectivity index (χ3n) is 5.12. The Balaban J connectivity index is 1.26. The Morgan fingerprint density at radius 2 is 2.23 bits per heavy atom. The van der Waals surface area contributed by atoms with Gasteiger partial charge in [0.2, 0.25) is 11.8 Å². The summed E-state index contributed by atoms with van der Waals surface area (Å²) in [5.41, 5.74) is 1.81. The first-order valence-electron chi connectivity index (χ1n) is 9.91. The highest BCUT2D eigenvalue weighted by molar-refractivity contribution is 5.76. The van der Waals surface area contributed by atoms with Crippen molar-refractivity contribution in [2.45, 2.75) is 31.9 Å². The van der Waals surface area contributed by atoms with Gasteiger partial charge in [0.1, 0.15) is 18.1 Å². The number of carbonyl (C=O) groups is 1. The summed E-state index contributed by atoms with van der Waals surface area (Å²) in [7, 11) is 1.64. The highest BCUT2D eigenvalue weighted by Gasteiger charge is 2.28. The van der Waals surface area contributed by atoms with Crippen molar-refractivity contribution in [3.63, 3.8) is 0 Å². The molecule has 2 aromatic heterocycles. The molecule has 0 spiro atoms. The standard InChI is InChI=1S/C21H24N6O3/c1-29-19-4-2-3-16(11-19)5-6-21(28)26-10-7-18(14-26)27-13-17(24-25-27)15-30-20-12-22-8-9-23-20/h2-4,8-9,11-13,18H,5-7,10,14-15H2,1H3. The van der Waals surface area contributed by atoms with Crippen molar-refractivity contribution < 1.29 is 14.3 Å². The molecule has 0 N–H and O–H groups in total. The zero-order valence-electron chi connectivity index (χ0n) is 16.8. The van der Waals surface area contributed by atoms with Gasteiger partial charge in [-0.15, -0.1) is 5.10 Å². The van der Waals surface area contributed by atoms with Crippen molar-refractivity contribution in [1.29, 1.82) is 0 Å². The van der Waals surface area contributed by atoms with Crippen LogP contribution in [0.3, 0.4) is 0 Å². The highest BCUT2D eigenvalue weighted by atomic mass is 16.5. The van der Waals surface area contributed by atoms with Gasteiger partial charge in [0.05, 0.1) is 25.5 Å². The number of hydrogen-bond donors (Lipinski definition) is 0. The second-order valence-corrected chi connectivity index (χ2v) is 7.16. The Morgan fingerprint density at radius 3 is 3.07 bits per heavy atom. The number of benzene rings is 1. The van der Waals surface area contributed by atoms with Crippen molar-refractivity contribution in [2.75, 3.05) is 20.2 Å². The Morgan fingerprint density at radius 1 is 1.30 bits per heavy atom. The fourth-order valence-corrected chi connectivity index (χ4v) is 3.49. The van der Waals surface area contributed by atoms with Crippen molar-refractivity contribution >= 4 is 5.91 Å². The fraction of sp³-hybridized carbons (Fsp3) is 0.381. The van der Waals surface area contributed by atoms with Gasteiger partial charge in [-0.2, -0.15) is 0 Å². The molecule has 1 unspecified atom stereocenters. The number of rotatable bonds is 8. The van der Waals surface area contributed by atoms with E-state index >= 15 is 0 Å². The summed E-state index contributed by atoms with van der Waals surface area (Å²) in [6.45, 7) is 1.65. The number of carbonyl (C=O) groups excluding carboxylic acids is 1. The monoisotopic (exact) mass is 408 g/mol. The zero-order valence-corrected chi connectivity index (χ0v) is 16.8. The van der Waals surface area contributed by atoms with Crippen LogP contribution in [0.1, 0.15) is 30.1 Å².